The van der Waals surface area contributed by atoms with Gasteiger partial charge in [0, 0.05) is 32.2 Å². The topological polar surface area (TPSA) is 39.1 Å². The monoisotopic (exact) mass is 297 g/mol. The molecule has 1 aromatic heterocycles. The lowest BCUT2D eigenvalue weighted by atomic mass is 10.3. The van der Waals surface area contributed by atoms with Gasteiger partial charge < -0.3 is 14.6 Å². The number of halogens is 2. The van der Waals surface area contributed by atoms with E-state index >= 15 is 0 Å². The minimum absolute atomic E-state index is 0.242. The molecule has 20 heavy (non-hydrogen) atoms. The lowest BCUT2D eigenvalue weighted by molar-refractivity contribution is 0.142. The zero-order chi connectivity index (χ0) is 14.4. The van der Waals surface area contributed by atoms with Crippen molar-refractivity contribution >= 4 is 23.2 Å². The minimum Gasteiger partial charge on any atom is -0.382 e. The molecule has 0 amide bonds. The Hall–Kier alpha value is -1.59. The molecule has 4 nitrogen and oxygen atoms in total. The Balaban J connectivity index is 2.05. The van der Waals surface area contributed by atoms with E-state index in [1.54, 1.807) is 18.3 Å². The Bertz CT molecular complexity index is 539. The maximum Gasteiger partial charge on any atom is 0.207 e. The number of nitrogens with one attached hydrogen (secondary N) is 1. The molecule has 2 aromatic rings. The summed E-state index contributed by atoms with van der Waals surface area (Å²) in [5.41, 5.74) is 0.242. The number of ether oxygens (including phenoxy) is 1. The third kappa shape index (κ3) is 3.71. The van der Waals surface area contributed by atoms with E-state index < -0.39 is 5.82 Å². The summed E-state index contributed by atoms with van der Waals surface area (Å²) >= 11 is 5.98. The van der Waals surface area contributed by atoms with Gasteiger partial charge in [-0.2, -0.15) is 0 Å². The van der Waals surface area contributed by atoms with E-state index in [1.807, 2.05) is 17.7 Å². The average Bonchev–Trinajstić information content (AvgIpc) is 2.87. The Kier molecular flexibility index (Phi) is 5.38. The van der Waals surface area contributed by atoms with E-state index in [2.05, 4.69) is 10.3 Å². The van der Waals surface area contributed by atoms with E-state index in [-0.39, 0.29) is 5.69 Å². The van der Waals surface area contributed by atoms with Gasteiger partial charge in [-0.05, 0) is 25.5 Å². The summed E-state index contributed by atoms with van der Waals surface area (Å²) in [6.45, 7) is 4.10. The molecule has 0 aliphatic carbocycles. The van der Waals surface area contributed by atoms with Gasteiger partial charge in [0.1, 0.15) is 5.82 Å². The number of hydrogen-bond donors (Lipinski definition) is 1. The van der Waals surface area contributed by atoms with Crippen molar-refractivity contribution in [3.05, 3.63) is 41.4 Å². The molecule has 108 valence electrons. The van der Waals surface area contributed by atoms with Crippen molar-refractivity contribution in [3.8, 4) is 0 Å². The van der Waals surface area contributed by atoms with Crippen LogP contribution in [-0.4, -0.2) is 22.8 Å². The maximum atomic E-state index is 13.7. The Morgan fingerprint density at radius 2 is 2.30 bits per heavy atom. The summed E-state index contributed by atoms with van der Waals surface area (Å²) in [4.78, 5) is 4.18. The van der Waals surface area contributed by atoms with Crippen molar-refractivity contribution in [3.63, 3.8) is 0 Å². The van der Waals surface area contributed by atoms with E-state index in [0.717, 1.165) is 13.0 Å². The van der Waals surface area contributed by atoms with Crippen LogP contribution in [0.25, 0.3) is 0 Å². The lowest BCUT2D eigenvalue weighted by Crippen LogP contribution is -2.07. The smallest absolute Gasteiger partial charge is 0.207 e. The van der Waals surface area contributed by atoms with Crippen LogP contribution in [0.2, 0.25) is 5.02 Å². The molecule has 2 rings (SSSR count). The van der Waals surface area contributed by atoms with Crippen molar-refractivity contribution < 1.29 is 9.13 Å². The van der Waals surface area contributed by atoms with Gasteiger partial charge in [0.2, 0.25) is 5.95 Å². The summed E-state index contributed by atoms with van der Waals surface area (Å²) in [6.07, 6.45) is 4.37. The minimum atomic E-state index is -0.402. The predicted octanol–water partition coefficient (Wildman–Crippen LogP) is 3.85. The largest absolute Gasteiger partial charge is 0.382 e. The number of anilines is 2. The fourth-order valence-electron chi connectivity index (χ4n) is 1.82. The highest BCUT2D eigenvalue weighted by molar-refractivity contribution is 6.33. The lowest BCUT2D eigenvalue weighted by Gasteiger charge is -2.11. The molecule has 1 aromatic carbocycles. The normalized spacial score (nSPS) is 10.8. The molecule has 0 aliphatic heterocycles. The average molecular weight is 298 g/mol. The molecular formula is C14H17ClFN3O. The number of benzene rings is 1. The van der Waals surface area contributed by atoms with Gasteiger partial charge in [0.05, 0.1) is 10.7 Å². The van der Waals surface area contributed by atoms with Crippen LogP contribution in [0.1, 0.15) is 13.3 Å². The van der Waals surface area contributed by atoms with Gasteiger partial charge in [-0.25, -0.2) is 9.37 Å². The third-order valence-corrected chi connectivity index (χ3v) is 3.12. The molecule has 0 unspecified atom stereocenters. The van der Waals surface area contributed by atoms with Gasteiger partial charge in [-0.3, -0.25) is 0 Å². The second-order valence-electron chi connectivity index (χ2n) is 4.22. The summed E-state index contributed by atoms with van der Waals surface area (Å²) in [6, 6.07) is 4.56. The fraction of sp³-hybridized carbons (Fsp3) is 0.357. The number of aromatic nitrogens is 2. The van der Waals surface area contributed by atoms with Crippen LogP contribution in [-0.2, 0) is 11.3 Å². The standard InChI is InChI=1S/C14H17ClFN3O/c1-2-20-10-4-8-19-9-7-17-14(19)18-13-11(15)5-3-6-12(13)16/h3,5-7,9H,2,4,8,10H2,1H3,(H,17,18). The number of nitrogens with zero attached hydrogens (tertiary/aromatic N) is 2. The van der Waals surface area contributed by atoms with Crippen LogP contribution in [0, 0.1) is 5.82 Å². The van der Waals surface area contributed by atoms with Crippen LogP contribution in [0.3, 0.4) is 0 Å². The van der Waals surface area contributed by atoms with Crippen LogP contribution in [0.5, 0.6) is 0 Å². The second kappa shape index (κ2) is 7.26. The molecule has 1 N–H and O–H groups in total. The van der Waals surface area contributed by atoms with Gasteiger partial charge in [-0.1, -0.05) is 17.7 Å². The van der Waals surface area contributed by atoms with Crippen molar-refractivity contribution in [1.82, 2.24) is 9.55 Å². The van der Waals surface area contributed by atoms with Gasteiger partial charge >= 0.3 is 0 Å². The first-order valence-corrected chi connectivity index (χ1v) is 6.90. The van der Waals surface area contributed by atoms with Crippen LogP contribution in [0.4, 0.5) is 16.0 Å². The zero-order valence-corrected chi connectivity index (χ0v) is 12.0. The number of rotatable bonds is 7. The summed E-state index contributed by atoms with van der Waals surface area (Å²) in [7, 11) is 0. The summed E-state index contributed by atoms with van der Waals surface area (Å²) < 4.78 is 20.9. The van der Waals surface area contributed by atoms with Crippen molar-refractivity contribution in [1.29, 1.82) is 0 Å². The molecular weight excluding hydrogens is 281 g/mol. The number of imidazole rings is 1. The maximum absolute atomic E-state index is 13.7. The molecule has 0 saturated carbocycles. The quantitative estimate of drug-likeness (QED) is 0.789. The van der Waals surface area contributed by atoms with Crippen molar-refractivity contribution in [2.45, 2.75) is 19.9 Å². The molecule has 0 aliphatic rings. The second-order valence-corrected chi connectivity index (χ2v) is 4.62. The van der Waals surface area contributed by atoms with E-state index in [9.17, 15) is 4.39 Å². The molecule has 0 atom stereocenters. The predicted molar refractivity (Wildman–Crippen MR) is 78.0 cm³/mol. The third-order valence-electron chi connectivity index (χ3n) is 2.81. The number of hydrogen-bond acceptors (Lipinski definition) is 3. The van der Waals surface area contributed by atoms with Crippen LogP contribution in [0.15, 0.2) is 30.6 Å². The van der Waals surface area contributed by atoms with Gasteiger partial charge in [-0.15, -0.1) is 0 Å². The molecule has 0 radical (unpaired) electrons. The van der Waals surface area contributed by atoms with Crippen molar-refractivity contribution in [2.75, 3.05) is 18.5 Å². The zero-order valence-electron chi connectivity index (χ0n) is 11.3. The number of aryl methyl sites for hydroxylation is 1. The van der Waals surface area contributed by atoms with Gasteiger partial charge in [0.15, 0.2) is 0 Å². The van der Waals surface area contributed by atoms with Crippen LogP contribution < -0.4 is 5.32 Å². The van der Waals surface area contributed by atoms with E-state index in [1.165, 1.54) is 6.07 Å². The van der Waals surface area contributed by atoms with E-state index in [0.29, 0.717) is 24.2 Å². The molecule has 1 heterocycles. The Morgan fingerprint density at radius 1 is 1.45 bits per heavy atom. The molecule has 0 spiro atoms. The highest BCUT2D eigenvalue weighted by Crippen LogP contribution is 2.27. The SMILES string of the molecule is CCOCCCn1ccnc1Nc1c(F)cccc1Cl. The van der Waals surface area contributed by atoms with Crippen molar-refractivity contribution in [2.24, 2.45) is 0 Å². The summed E-state index contributed by atoms with van der Waals surface area (Å²) in [5.74, 6) is 0.162. The molecule has 6 heteroatoms. The Morgan fingerprint density at radius 3 is 3.05 bits per heavy atom. The van der Waals surface area contributed by atoms with Gasteiger partial charge in [0.25, 0.3) is 0 Å². The first-order valence-electron chi connectivity index (χ1n) is 6.52. The highest BCUT2D eigenvalue weighted by Gasteiger charge is 2.10. The van der Waals surface area contributed by atoms with E-state index in [4.69, 9.17) is 16.3 Å². The van der Waals surface area contributed by atoms with Crippen LogP contribution >= 0.6 is 11.6 Å². The first kappa shape index (κ1) is 14.8. The Labute approximate surface area is 122 Å². The molecule has 0 bridgehead atoms. The molecule has 0 saturated heterocycles. The highest BCUT2D eigenvalue weighted by atomic mass is 35.5. The number of para-hydroxylation sites is 1. The summed E-state index contributed by atoms with van der Waals surface area (Å²) in [5, 5.41) is 3.26. The molecule has 0 fully saturated rings. The fourth-order valence-corrected chi connectivity index (χ4v) is 2.03. The first-order chi connectivity index (χ1) is 9.72.